The first kappa shape index (κ1) is 24.5. The highest BCUT2D eigenvalue weighted by atomic mass is 127. The van der Waals surface area contributed by atoms with Crippen LogP contribution in [0.5, 0.6) is 0 Å². The molecule has 1 saturated carbocycles. The van der Waals surface area contributed by atoms with Gasteiger partial charge >= 0.3 is 0 Å². The number of benzene rings is 1. The molecular weight excluding hydrogens is 473 g/mol. The summed E-state index contributed by atoms with van der Waals surface area (Å²) in [7, 11) is 3.52. The molecule has 5 nitrogen and oxygen atoms in total. The van der Waals surface area contributed by atoms with Gasteiger partial charge in [0, 0.05) is 43.5 Å². The van der Waals surface area contributed by atoms with Gasteiger partial charge in [-0.25, -0.2) is 0 Å². The van der Waals surface area contributed by atoms with Gasteiger partial charge in [-0.3, -0.25) is 4.99 Å². The van der Waals surface area contributed by atoms with Crippen molar-refractivity contribution in [3.63, 3.8) is 0 Å². The van der Waals surface area contributed by atoms with E-state index >= 15 is 0 Å². The van der Waals surface area contributed by atoms with Crippen molar-refractivity contribution in [3.05, 3.63) is 30.3 Å². The van der Waals surface area contributed by atoms with E-state index in [-0.39, 0.29) is 28.7 Å². The summed E-state index contributed by atoms with van der Waals surface area (Å²) in [5.41, 5.74) is 0. The Morgan fingerprint density at radius 3 is 2.52 bits per heavy atom. The second kappa shape index (κ2) is 14.5. The number of methoxy groups -OCH3 is 1. The van der Waals surface area contributed by atoms with Crippen LogP contribution in [-0.4, -0.2) is 57.8 Å². The molecule has 0 saturated heterocycles. The van der Waals surface area contributed by atoms with Crippen LogP contribution in [0.4, 0.5) is 0 Å². The van der Waals surface area contributed by atoms with Crippen molar-refractivity contribution in [1.29, 1.82) is 0 Å². The van der Waals surface area contributed by atoms with Crippen LogP contribution in [0, 0.1) is 0 Å². The van der Waals surface area contributed by atoms with Crippen molar-refractivity contribution in [2.24, 2.45) is 4.99 Å². The van der Waals surface area contributed by atoms with Crippen LogP contribution in [0.3, 0.4) is 0 Å². The zero-order chi connectivity index (χ0) is 18.5. The second-order valence-corrected chi connectivity index (χ2v) is 8.16. The smallest absolute Gasteiger partial charge is 0.191 e. The van der Waals surface area contributed by atoms with Crippen LogP contribution in [0.15, 0.2) is 40.2 Å². The Labute approximate surface area is 185 Å². The summed E-state index contributed by atoms with van der Waals surface area (Å²) < 4.78 is 10.7. The van der Waals surface area contributed by atoms with Gasteiger partial charge in [0.2, 0.25) is 0 Å². The molecule has 0 unspecified atom stereocenters. The van der Waals surface area contributed by atoms with E-state index in [9.17, 15) is 0 Å². The Morgan fingerprint density at radius 1 is 1.11 bits per heavy atom. The molecular formula is C20H34IN3O2S. The number of nitrogens with zero attached hydrogens (tertiary/aromatic N) is 1. The van der Waals surface area contributed by atoms with Gasteiger partial charge < -0.3 is 20.1 Å². The normalized spacial score (nSPS) is 16.0. The van der Waals surface area contributed by atoms with Crippen LogP contribution >= 0.6 is 35.7 Å². The Hall–Kier alpha value is -0.510. The maximum atomic E-state index is 5.48. The van der Waals surface area contributed by atoms with Crippen molar-refractivity contribution >= 4 is 41.7 Å². The van der Waals surface area contributed by atoms with E-state index < -0.39 is 0 Å². The molecule has 0 heterocycles. The fraction of sp³-hybridized carbons (Fsp3) is 0.650. The molecule has 0 aliphatic heterocycles. The van der Waals surface area contributed by atoms with E-state index in [0.717, 1.165) is 32.1 Å². The van der Waals surface area contributed by atoms with Crippen molar-refractivity contribution < 1.29 is 9.47 Å². The van der Waals surface area contributed by atoms with Gasteiger partial charge in [-0.1, -0.05) is 31.0 Å². The van der Waals surface area contributed by atoms with E-state index in [0.29, 0.717) is 13.2 Å². The number of thioether (sulfide) groups is 1. The third-order valence-electron chi connectivity index (χ3n) is 4.58. The van der Waals surface area contributed by atoms with Crippen LogP contribution < -0.4 is 10.6 Å². The molecule has 7 heteroatoms. The van der Waals surface area contributed by atoms with Gasteiger partial charge in [-0.05, 0) is 31.4 Å². The van der Waals surface area contributed by atoms with E-state index in [1.807, 2.05) is 18.8 Å². The molecule has 1 fully saturated rings. The Bertz CT molecular complexity index is 525. The molecule has 2 rings (SSSR count). The number of hydrogen-bond acceptors (Lipinski definition) is 4. The van der Waals surface area contributed by atoms with E-state index in [4.69, 9.17) is 9.47 Å². The molecule has 1 aliphatic carbocycles. The average Bonchev–Trinajstić information content (AvgIpc) is 3.13. The molecule has 1 aromatic rings. The quantitative estimate of drug-likeness (QED) is 0.206. The first-order valence-corrected chi connectivity index (χ1v) is 10.3. The Kier molecular flexibility index (Phi) is 13.2. The van der Waals surface area contributed by atoms with E-state index in [1.54, 1.807) is 7.11 Å². The highest BCUT2D eigenvalue weighted by Crippen LogP contribution is 2.44. The molecule has 1 aliphatic rings. The van der Waals surface area contributed by atoms with Crippen LogP contribution in [-0.2, 0) is 9.47 Å². The lowest BCUT2D eigenvalue weighted by Gasteiger charge is -2.29. The van der Waals surface area contributed by atoms with Gasteiger partial charge in [0.25, 0.3) is 0 Å². The van der Waals surface area contributed by atoms with Gasteiger partial charge in [-0.2, -0.15) is 0 Å². The van der Waals surface area contributed by atoms with Gasteiger partial charge in [0.05, 0.1) is 13.2 Å². The molecule has 27 heavy (non-hydrogen) atoms. The molecule has 0 amide bonds. The number of guanidine groups is 1. The van der Waals surface area contributed by atoms with Crippen LogP contribution in [0.25, 0.3) is 0 Å². The van der Waals surface area contributed by atoms with Crippen molar-refractivity contribution in [2.75, 3.05) is 47.1 Å². The summed E-state index contributed by atoms with van der Waals surface area (Å²) in [5.74, 6) is 0.877. The number of ether oxygens (including phenoxy) is 2. The highest BCUT2D eigenvalue weighted by Gasteiger charge is 2.35. The minimum absolute atomic E-state index is 0. The lowest BCUT2D eigenvalue weighted by Crippen LogP contribution is -2.45. The first-order valence-electron chi connectivity index (χ1n) is 9.53. The predicted molar refractivity (Wildman–Crippen MR) is 126 cm³/mol. The zero-order valence-corrected chi connectivity index (χ0v) is 19.7. The first-order chi connectivity index (χ1) is 12.8. The summed E-state index contributed by atoms with van der Waals surface area (Å²) in [6, 6.07) is 10.7. The number of halogens is 1. The van der Waals surface area contributed by atoms with Crippen molar-refractivity contribution in [3.8, 4) is 0 Å². The van der Waals surface area contributed by atoms with Gasteiger partial charge in [-0.15, -0.1) is 35.7 Å². The fourth-order valence-corrected chi connectivity index (χ4v) is 4.59. The third kappa shape index (κ3) is 9.49. The molecule has 2 N–H and O–H groups in total. The number of rotatable bonds is 11. The van der Waals surface area contributed by atoms with Gasteiger partial charge in [0.1, 0.15) is 0 Å². The standard InChI is InChI=1S/C20H33N3O2S.HI/c1-21-19(22-13-8-14-25-16-15-24-2)23-17-20(11-6-7-12-20)26-18-9-4-3-5-10-18;/h3-5,9-10H,6-8,11-17H2,1-2H3,(H2,21,22,23);1H. The minimum Gasteiger partial charge on any atom is -0.382 e. The zero-order valence-electron chi connectivity index (χ0n) is 16.5. The van der Waals surface area contributed by atoms with E-state index in [2.05, 4.69) is 46.0 Å². The Balaban J connectivity index is 0.00000364. The summed E-state index contributed by atoms with van der Waals surface area (Å²) in [6.45, 7) is 3.84. The molecule has 1 aromatic carbocycles. The monoisotopic (exact) mass is 507 g/mol. The molecule has 154 valence electrons. The molecule has 0 atom stereocenters. The maximum Gasteiger partial charge on any atom is 0.191 e. The summed E-state index contributed by atoms with van der Waals surface area (Å²) in [5, 5.41) is 6.92. The SMILES string of the molecule is CN=C(NCCCOCCOC)NCC1(Sc2ccccc2)CCCC1.I. The van der Waals surface area contributed by atoms with Gasteiger partial charge in [0.15, 0.2) is 5.96 Å². The fourth-order valence-electron chi connectivity index (χ4n) is 3.16. The van der Waals surface area contributed by atoms with Crippen molar-refractivity contribution in [2.45, 2.75) is 41.7 Å². The third-order valence-corrected chi connectivity index (χ3v) is 6.08. The van der Waals surface area contributed by atoms with Crippen LogP contribution in [0.1, 0.15) is 32.1 Å². The molecule has 0 aromatic heterocycles. The Morgan fingerprint density at radius 2 is 1.85 bits per heavy atom. The highest BCUT2D eigenvalue weighted by molar-refractivity contribution is 14.0. The molecule has 0 bridgehead atoms. The number of hydrogen-bond donors (Lipinski definition) is 2. The average molecular weight is 507 g/mol. The largest absolute Gasteiger partial charge is 0.382 e. The number of nitrogens with one attached hydrogen (secondary N) is 2. The number of aliphatic imine (C=N–C) groups is 1. The summed E-state index contributed by atoms with van der Waals surface area (Å²) in [4.78, 5) is 5.71. The van der Waals surface area contributed by atoms with Crippen LogP contribution in [0.2, 0.25) is 0 Å². The molecule has 0 spiro atoms. The second-order valence-electron chi connectivity index (χ2n) is 6.62. The van der Waals surface area contributed by atoms with Crippen molar-refractivity contribution in [1.82, 2.24) is 10.6 Å². The summed E-state index contributed by atoms with van der Waals surface area (Å²) in [6.07, 6.45) is 6.08. The minimum atomic E-state index is 0. The lowest BCUT2D eigenvalue weighted by atomic mass is 10.1. The maximum absolute atomic E-state index is 5.48. The van der Waals surface area contributed by atoms with E-state index in [1.165, 1.54) is 30.6 Å². The summed E-state index contributed by atoms with van der Waals surface area (Å²) >= 11 is 2.01. The lowest BCUT2D eigenvalue weighted by molar-refractivity contribution is 0.0698. The predicted octanol–water partition coefficient (Wildman–Crippen LogP) is 3.93. The topological polar surface area (TPSA) is 54.9 Å². The molecule has 0 radical (unpaired) electrons.